The average molecular weight is 554 g/mol. The number of nitrogens with two attached hydrogens (primary N) is 1. The monoisotopic (exact) mass is 553 g/mol. The maximum absolute atomic E-state index is 6.85. The van der Waals surface area contributed by atoms with Crippen LogP contribution in [0.2, 0.25) is 0 Å². The molecule has 3 nitrogen and oxygen atoms in total. The minimum atomic E-state index is 0.455. The van der Waals surface area contributed by atoms with E-state index in [-0.39, 0.29) is 0 Å². The predicted octanol–water partition coefficient (Wildman–Crippen LogP) is 9.77. The van der Waals surface area contributed by atoms with Crippen LogP contribution in [0.4, 0.5) is 0 Å². The third kappa shape index (κ3) is 4.41. The number of amidine groups is 1. The summed E-state index contributed by atoms with van der Waals surface area (Å²) in [5.41, 5.74) is 15.7. The first-order valence-corrected chi connectivity index (χ1v) is 15.0. The number of aliphatic imine (C=N–C) groups is 1. The number of aromatic nitrogens is 1. The minimum Gasteiger partial charge on any atom is -0.383 e. The Morgan fingerprint density at radius 3 is 2.28 bits per heavy atom. The van der Waals surface area contributed by atoms with Gasteiger partial charge < -0.3 is 10.1 Å². The number of rotatable bonds is 6. The van der Waals surface area contributed by atoms with Crippen molar-refractivity contribution in [2.45, 2.75) is 12.8 Å². The van der Waals surface area contributed by atoms with Crippen LogP contribution in [0, 0.1) is 5.92 Å². The summed E-state index contributed by atoms with van der Waals surface area (Å²) in [6, 6.07) is 40.8. The lowest BCUT2D eigenvalue weighted by Crippen LogP contribution is -2.13. The molecule has 2 aromatic heterocycles. The molecule has 8 rings (SSSR count). The molecule has 3 heteroatoms. The number of nitrogens with zero attached hydrogens (tertiary/aromatic N) is 2. The molecular weight excluding hydrogens is 522 g/mol. The van der Waals surface area contributed by atoms with Crippen LogP contribution in [0.5, 0.6) is 0 Å². The molecule has 1 aliphatic rings. The molecule has 2 N–H and O–H groups in total. The van der Waals surface area contributed by atoms with Crippen molar-refractivity contribution < 1.29 is 0 Å². The second-order valence-electron chi connectivity index (χ2n) is 11.4. The summed E-state index contributed by atoms with van der Waals surface area (Å²) in [4.78, 5) is 5.11. The van der Waals surface area contributed by atoms with Crippen LogP contribution in [0.15, 0.2) is 151 Å². The topological polar surface area (TPSA) is 42.8 Å². The zero-order valence-electron chi connectivity index (χ0n) is 23.8. The van der Waals surface area contributed by atoms with Crippen molar-refractivity contribution >= 4 is 49.6 Å². The fourth-order valence-electron chi connectivity index (χ4n) is 6.57. The Bertz CT molecular complexity index is 2250. The van der Waals surface area contributed by atoms with E-state index in [1.54, 1.807) is 0 Å². The van der Waals surface area contributed by atoms with Crippen LogP contribution >= 0.6 is 0 Å². The molecule has 0 saturated carbocycles. The maximum Gasteiger partial charge on any atom is 0.131 e. The van der Waals surface area contributed by atoms with Gasteiger partial charge in [-0.1, -0.05) is 127 Å². The van der Waals surface area contributed by atoms with E-state index < -0.39 is 0 Å². The lowest BCUT2D eigenvalue weighted by atomic mass is 9.95. The molecule has 0 amide bonds. The zero-order chi connectivity index (χ0) is 28.8. The van der Waals surface area contributed by atoms with E-state index in [0.29, 0.717) is 11.8 Å². The Labute approximate surface area is 250 Å². The molecule has 0 fully saturated rings. The van der Waals surface area contributed by atoms with Gasteiger partial charge in [0.2, 0.25) is 0 Å². The summed E-state index contributed by atoms with van der Waals surface area (Å²) in [5, 5.41) is 5.04. The van der Waals surface area contributed by atoms with Gasteiger partial charge in [-0.2, -0.15) is 0 Å². The summed E-state index contributed by atoms with van der Waals surface area (Å²) in [6.07, 6.45) is 13.0. The summed E-state index contributed by atoms with van der Waals surface area (Å²) in [5.74, 6) is 0.971. The van der Waals surface area contributed by atoms with Crippen molar-refractivity contribution in [1.29, 1.82) is 0 Å². The molecule has 0 spiro atoms. The van der Waals surface area contributed by atoms with E-state index in [1.807, 2.05) is 6.07 Å². The Morgan fingerprint density at radius 1 is 0.698 bits per heavy atom. The first-order valence-electron chi connectivity index (χ1n) is 15.0. The largest absolute Gasteiger partial charge is 0.383 e. The summed E-state index contributed by atoms with van der Waals surface area (Å²) < 4.78 is 2.38. The van der Waals surface area contributed by atoms with Gasteiger partial charge in [0.05, 0.1) is 22.2 Å². The first kappa shape index (κ1) is 25.3. The smallest absolute Gasteiger partial charge is 0.131 e. The van der Waals surface area contributed by atoms with Gasteiger partial charge in [-0.15, -0.1) is 0 Å². The van der Waals surface area contributed by atoms with Crippen molar-refractivity contribution in [3.05, 3.63) is 157 Å². The molecule has 5 aromatic carbocycles. The Kier molecular flexibility index (Phi) is 6.15. The van der Waals surface area contributed by atoms with E-state index in [1.165, 1.54) is 38.1 Å². The fourth-order valence-corrected chi connectivity index (χ4v) is 6.57. The predicted molar refractivity (Wildman–Crippen MR) is 183 cm³/mol. The molecule has 1 aliphatic carbocycles. The minimum absolute atomic E-state index is 0.455. The molecule has 206 valence electrons. The molecular formula is C40H31N3. The van der Waals surface area contributed by atoms with Gasteiger partial charge in [0.1, 0.15) is 5.84 Å². The number of hydrogen-bond acceptors (Lipinski definition) is 1. The highest BCUT2D eigenvalue weighted by Crippen LogP contribution is 2.39. The van der Waals surface area contributed by atoms with Crippen molar-refractivity contribution in [2.75, 3.05) is 0 Å². The quantitative estimate of drug-likeness (QED) is 0.162. The number of benzene rings is 5. The van der Waals surface area contributed by atoms with Crippen LogP contribution in [0.3, 0.4) is 0 Å². The van der Waals surface area contributed by atoms with Crippen molar-refractivity contribution in [3.63, 3.8) is 0 Å². The highest BCUT2D eigenvalue weighted by molar-refractivity contribution is 6.23. The van der Waals surface area contributed by atoms with Crippen molar-refractivity contribution in [2.24, 2.45) is 16.6 Å². The van der Waals surface area contributed by atoms with Crippen LogP contribution in [0.1, 0.15) is 24.0 Å². The van der Waals surface area contributed by atoms with E-state index in [4.69, 9.17) is 10.7 Å². The van der Waals surface area contributed by atoms with Gasteiger partial charge in [-0.3, -0.25) is 0 Å². The molecule has 1 unspecified atom stereocenters. The molecule has 0 radical (unpaired) electrons. The molecule has 2 heterocycles. The second kappa shape index (κ2) is 10.5. The highest BCUT2D eigenvalue weighted by Gasteiger charge is 2.17. The Morgan fingerprint density at radius 2 is 1.44 bits per heavy atom. The van der Waals surface area contributed by atoms with Gasteiger partial charge in [0.25, 0.3) is 0 Å². The first-order chi connectivity index (χ1) is 21.2. The lowest BCUT2D eigenvalue weighted by Gasteiger charge is -2.12. The van der Waals surface area contributed by atoms with E-state index >= 15 is 0 Å². The lowest BCUT2D eigenvalue weighted by molar-refractivity contribution is 0.669. The summed E-state index contributed by atoms with van der Waals surface area (Å²) >= 11 is 0. The molecule has 0 saturated heterocycles. The van der Waals surface area contributed by atoms with E-state index in [0.717, 1.165) is 40.7 Å². The molecule has 1 atom stereocenters. The molecule has 0 bridgehead atoms. The number of para-hydroxylation sites is 2. The average Bonchev–Trinajstić information content (AvgIpc) is 3.59. The van der Waals surface area contributed by atoms with Crippen LogP contribution in [0.25, 0.3) is 54.9 Å². The standard InChI is InChI=1S/C40H31N3/c41-40(31-22-23-33-35-19-10-18-34-32-17-7-8-20-37(32)43(39(34)35)38(33)26-31)42-36(24-21-27-11-3-1-4-12-27)30-16-9-15-29(25-30)28-13-5-2-6-14-28/h1-11,13-20,22-27H,12,21H2,(H2,41,42)/b36-24-. The Balaban J connectivity index is 1.25. The van der Waals surface area contributed by atoms with E-state index in [2.05, 4.69) is 144 Å². The van der Waals surface area contributed by atoms with Crippen molar-refractivity contribution in [1.82, 2.24) is 4.40 Å². The fraction of sp³-hybridized carbons (Fsp3) is 0.0750. The zero-order valence-corrected chi connectivity index (χ0v) is 23.8. The van der Waals surface area contributed by atoms with Gasteiger partial charge in [-0.25, -0.2) is 4.99 Å². The van der Waals surface area contributed by atoms with Crippen LogP contribution in [-0.2, 0) is 0 Å². The third-order valence-corrected chi connectivity index (χ3v) is 8.71. The Hall–Kier alpha value is -5.41. The number of hydrogen-bond donors (Lipinski definition) is 1. The normalized spacial score (nSPS) is 15.9. The van der Waals surface area contributed by atoms with Gasteiger partial charge >= 0.3 is 0 Å². The van der Waals surface area contributed by atoms with Gasteiger partial charge in [0.15, 0.2) is 0 Å². The van der Waals surface area contributed by atoms with Gasteiger partial charge in [0, 0.05) is 32.7 Å². The molecule has 43 heavy (non-hydrogen) atoms. The summed E-state index contributed by atoms with van der Waals surface area (Å²) in [7, 11) is 0. The SMILES string of the molecule is N/C(=N\C(=C/CC1C=CC=CC1)c1cccc(-c2ccccc2)c1)c1ccc2c3cccc4c5ccccc5n(c2c1)c43. The van der Waals surface area contributed by atoms with Crippen LogP contribution < -0.4 is 5.73 Å². The second-order valence-corrected chi connectivity index (χ2v) is 11.4. The van der Waals surface area contributed by atoms with Crippen LogP contribution in [-0.4, -0.2) is 10.2 Å². The molecule has 7 aromatic rings. The third-order valence-electron chi connectivity index (χ3n) is 8.71. The van der Waals surface area contributed by atoms with Crippen molar-refractivity contribution in [3.8, 4) is 11.1 Å². The maximum atomic E-state index is 6.85. The molecule has 0 aliphatic heterocycles. The number of allylic oxidation sites excluding steroid dienone is 5. The number of fused-ring (bicyclic) bond motifs is 6. The summed E-state index contributed by atoms with van der Waals surface area (Å²) in [6.45, 7) is 0. The highest BCUT2D eigenvalue weighted by atomic mass is 14.9. The van der Waals surface area contributed by atoms with Gasteiger partial charge in [-0.05, 0) is 48.1 Å². The van der Waals surface area contributed by atoms with E-state index in [9.17, 15) is 0 Å².